The molecule has 0 atom stereocenters. The summed E-state index contributed by atoms with van der Waals surface area (Å²) < 4.78 is 8.85. The Kier molecular flexibility index (Phi) is 8.53. The lowest BCUT2D eigenvalue weighted by Gasteiger charge is -2.29. The molecule has 0 radical (unpaired) electrons. The van der Waals surface area contributed by atoms with Crippen molar-refractivity contribution in [2.75, 3.05) is 4.90 Å². The van der Waals surface area contributed by atoms with Gasteiger partial charge in [-0.3, -0.25) is 0 Å². The smallest absolute Gasteiger partial charge is 0.136 e. The van der Waals surface area contributed by atoms with Gasteiger partial charge in [0.1, 0.15) is 11.2 Å². The van der Waals surface area contributed by atoms with Crippen LogP contribution in [0.15, 0.2) is 247 Å². The number of nitrogens with zero attached hydrogens (tertiary/aromatic N) is 2. The molecule has 304 valence electrons. The number of aromatic nitrogens is 1. The minimum Gasteiger partial charge on any atom is -0.456 e. The summed E-state index contributed by atoms with van der Waals surface area (Å²) >= 11 is 0. The first-order chi connectivity index (χ1) is 32.3. The Hall–Kier alpha value is -8.66. The van der Waals surface area contributed by atoms with Crippen molar-refractivity contribution in [1.82, 2.24) is 4.57 Å². The first-order valence-electron chi connectivity index (χ1n) is 22.3. The standard InChI is InChI=1S/C62H40N2O/c1-2-20-46-43(17-1)40-55(49-23-4-3-22-48(46)49)42-18-15-19-45(39-42)63(57-30-11-8-26-52(57)53-28-16-34-61-62(53)54-27-9-14-33-60(54)65-61)44-37-35-41(36-38-44)47-21-5-10-29-56(47)64-58-31-12-6-24-50(58)51-25-7-13-32-59(51)64/h1-40H. The van der Waals surface area contributed by atoms with Crippen LogP contribution in [0.2, 0.25) is 0 Å². The summed E-state index contributed by atoms with van der Waals surface area (Å²) in [6.45, 7) is 0. The van der Waals surface area contributed by atoms with E-state index in [4.69, 9.17) is 4.42 Å². The van der Waals surface area contributed by atoms with E-state index in [1.165, 1.54) is 54.5 Å². The largest absolute Gasteiger partial charge is 0.456 e. The normalized spacial score (nSPS) is 11.7. The molecule has 0 spiro atoms. The predicted octanol–water partition coefficient (Wildman–Crippen LogP) is 17.5. The number of fused-ring (bicyclic) bond motifs is 9. The van der Waals surface area contributed by atoms with Gasteiger partial charge in [0.2, 0.25) is 0 Å². The van der Waals surface area contributed by atoms with Gasteiger partial charge in [0.05, 0.1) is 22.4 Å². The summed E-state index contributed by atoms with van der Waals surface area (Å²) in [5.41, 5.74) is 15.4. The van der Waals surface area contributed by atoms with Gasteiger partial charge in [0.25, 0.3) is 0 Å². The molecule has 2 aromatic heterocycles. The maximum atomic E-state index is 6.44. The van der Waals surface area contributed by atoms with Crippen LogP contribution in [0, 0.1) is 0 Å². The van der Waals surface area contributed by atoms with Crippen molar-refractivity contribution in [3.63, 3.8) is 0 Å². The van der Waals surface area contributed by atoms with Crippen LogP contribution in [0.1, 0.15) is 0 Å². The molecule has 65 heavy (non-hydrogen) atoms. The first-order valence-corrected chi connectivity index (χ1v) is 22.3. The van der Waals surface area contributed by atoms with Crippen LogP contribution in [0.25, 0.3) is 104 Å². The zero-order valence-electron chi connectivity index (χ0n) is 35.4. The average Bonchev–Trinajstić information content (AvgIpc) is 3.93. The molecule has 3 nitrogen and oxygen atoms in total. The molecule has 13 aromatic rings. The third-order valence-corrected chi connectivity index (χ3v) is 13.2. The highest BCUT2D eigenvalue weighted by Crippen LogP contribution is 2.47. The molecule has 0 unspecified atom stereocenters. The van der Waals surface area contributed by atoms with Gasteiger partial charge in [0.15, 0.2) is 0 Å². The fourth-order valence-corrected chi connectivity index (χ4v) is 10.3. The van der Waals surface area contributed by atoms with Crippen LogP contribution in [-0.2, 0) is 0 Å². The highest BCUT2D eigenvalue weighted by atomic mass is 16.3. The third-order valence-electron chi connectivity index (χ3n) is 13.2. The van der Waals surface area contributed by atoms with Crippen molar-refractivity contribution in [2.24, 2.45) is 0 Å². The van der Waals surface area contributed by atoms with Gasteiger partial charge in [-0.05, 0) is 111 Å². The van der Waals surface area contributed by atoms with E-state index >= 15 is 0 Å². The highest BCUT2D eigenvalue weighted by molar-refractivity contribution is 6.15. The Bertz CT molecular complexity index is 3910. The number of hydrogen-bond acceptors (Lipinski definition) is 2. The highest BCUT2D eigenvalue weighted by Gasteiger charge is 2.22. The zero-order chi connectivity index (χ0) is 42.8. The van der Waals surface area contributed by atoms with Crippen molar-refractivity contribution < 1.29 is 4.42 Å². The lowest BCUT2D eigenvalue weighted by atomic mass is 9.93. The van der Waals surface area contributed by atoms with E-state index in [2.05, 4.69) is 246 Å². The van der Waals surface area contributed by atoms with Gasteiger partial charge in [-0.2, -0.15) is 0 Å². The Balaban J connectivity index is 1.01. The molecule has 2 heterocycles. The number of benzene rings is 11. The minimum atomic E-state index is 0.876. The van der Waals surface area contributed by atoms with Crippen molar-refractivity contribution >= 4 is 82.4 Å². The molecule has 0 saturated heterocycles. The predicted molar refractivity (Wildman–Crippen MR) is 274 cm³/mol. The second-order valence-corrected chi connectivity index (χ2v) is 16.8. The van der Waals surface area contributed by atoms with E-state index in [0.29, 0.717) is 0 Å². The van der Waals surface area contributed by atoms with E-state index in [1.807, 2.05) is 6.07 Å². The lowest BCUT2D eigenvalue weighted by Crippen LogP contribution is -2.11. The van der Waals surface area contributed by atoms with Crippen molar-refractivity contribution in [3.8, 4) is 39.1 Å². The van der Waals surface area contributed by atoms with Gasteiger partial charge >= 0.3 is 0 Å². The molecule has 0 N–H and O–H groups in total. The molecule has 0 saturated carbocycles. The van der Waals surface area contributed by atoms with Gasteiger partial charge in [0, 0.05) is 44.0 Å². The van der Waals surface area contributed by atoms with E-state index in [0.717, 1.165) is 66.9 Å². The Morgan fingerprint density at radius 3 is 1.71 bits per heavy atom. The molecule has 11 aromatic carbocycles. The molecule has 3 heteroatoms. The third kappa shape index (κ3) is 5.97. The summed E-state index contributed by atoms with van der Waals surface area (Å²) in [5.74, 6) is 0. The van der Waals surface area contributed by atoms with Crippen LogP contribution < -0.4 is 4.90 Å². The molecular formula is C62H40N2O. The Morgan fingerprint density at radius 2 is 0.908 bits per heavy atom. The summed E-state index contributed by atoms with van der Waals surface area (Å²) in [4.78, 5) is 2.42. The van der Waals surface area contributed by atoms with Crippen LogP contribution in [0.4, 0.5) is 17.1 Å². The molecule has 0 bridgehead atoms. The second-order valence-electron chi connectivity index (χ2n) is 16.8. The van der Waals surface area contributed by atoms with Gasteiger partial charge < -0.3 is 13.9 Å². The molecule has 0 amide bonds. The number of rotatable bonds is 7. The van der Waals surface area contributed by atoms with Gasteiger partial charge in [-0.15, -0.1) is 0 Å². The minimum absolute atomic E-state index is 0.876. The Morgan fingerprint density at radius 1 is 0.323 bits per heavy atom. The van der Waals surface area contributed by atoms with Crippen molar-refractivity contribution in [2.45, 2.75) is 0 Å². The lowest BCUT2D eigenvalue weighted by molar-refractivity contribution is 0.669. The first kappa shape index (κ1) is 36.9. The van der Waals surface area contributed by atoms with E-state index in [1.54, 1.807) is 0 Å². The Labute approximate surface area is 376 Å². The van der Waals surface area contributed by atoms with Crippen LogP contribution in [0.3, 0.4) is 0 Å². The van der Waals surface area contributed by atoms with Crippen molar-refractivity contribution in [1.29, 1.82) is 0 Å². The quantitative estimate of drug-likeness (QED) is 0.149. The van der Waals surface area contributed by atoms with E-state index in [-0.39, 0.29) is 0 Å². The topological polar surface area (TPSA) is 21.3 Å². The SMILES string of the molecule is c1cc(-c2cc3ccccc3c3ccccc23)cc(N(c2ccc(-c3ccccc3-n3c4ccccc4c4ccccc43)cc2)c2ccccc2-c2cccc3oc4ccccc4c23)c1. The van der Waals surface area contributed by atoms with Gasteiger partial charge in [-0.1, -0.05) is 176 Å². The number of hydrogen-bond donors (Lipinski definition) is 0. The van der Waals surface area contributed by atoms with Crippen molar-refractivity contribution in [3.05, 3.63) is 243 Å². The summed E-state index contributed by atoms with van der Waals surface area (Å²) in [6.07, 6.45) is 0. The fourth-order valence-electron chi connectivity index (χ4n) is 10.3. The maximum Gasteiger partial charge on any atom is 0.136 e. The fraction of sp³-hybridized carbons (Fsp3) is 0. The number of furan rings is 1. The summed E-state index contributed by atoms with van der Waals surface area (Å²) in [6, 6.07) is 87.8. The zero-order valence-corrected chi connectivity index (χ0v) is 35.4. The van der Waals surface area contributed by atoms with Crippen LogP contribution in [0.5, 0.6) is 0 Å². The molecule has 0 fully saturated rings. The average molecular weight is 829 g/mol. The van der Waals surface area contributed by atoms with Gasteiger partial charge in [-0.25, -0.2) is 0 Å². The van der Waals surface area contributed by atoms with E-state index in [9.17, 15) is 0 Å². The monoisotopic (exact) mass is 828 g/mol. The molecule has 13 rings (SSSR count). The molecule has 0 aliphatic heterocycles. The van der Waals surface area contributed by atoms with E-state index < -0.39 is 0 Å². The molecular weight excluding hydrogens is 789 g/mol. The number of para-hydroxylation sites is 5. The summed E-state index contributed by atoms with van der Waals surface area (Å²) in [5, 5.41) is 9.71. The van der Waals surface area contributed by atoms with Crippen LogP contribution in [-0.4, -0.2) is 4.57 Å². The number of anilines is 3. The van der Waals surface area contributed by atoms with Crippen LogP contribution >= 0.6 is 0 Å². The second kappa shape index (κ2) is 15.0. The molecule has 0 aliphatic rings. The maximum absolute atomic E-state index is 6.44. The summed E-state index contributed by atoms with van der Waals surface area (Å²) in [7, 11) is 0. The molecule has 0 aliphatic carbocycles.